The van der Waals surface area contributed by atoms with E-state index in [0.717, 1.165) is 6.42 Å². The van der Waals surface area contributed by atoms with Gasteiger partial charge in [0.1, 0.15) is 0 Å². The highest BCUT2D eigenvalue weighted by atomic mass is 27.2. The van der Waals surface area contributed by atoms with Crippen LogP contribution < -0.4 is 0 Å². The van der Waals surface area contributed by atoms with Crippen molar-refractivity contribution in [1.82, 2.24) is 0 Å². The van der Waals surface area contributed by atoms with Crippen LogP contribution >= 0.6 is 0 Å². The lowest BCUT2D eigenvalue weighted by atomic mass is 10.1. The van der Waals surface area contributed by atoms with Crippen molar-refractivity contribution in [3.8, 4) is 0 Å². The smallest absolute Gasteiger partial charge is 0.482 e. The molecule has 149 valence electrons. The average Bonchev–Trinajstić information content (AvgIpc) is 2.52. The lowest BCUT2D eigenvalue weighted by molar-refractivity contribution is -0.141. The van der Waals surface area contributed by atoms with Crippen LogP contribution in [-0.4, -0.2) is 40.7 Å². The topological polar surface area (TPSA) is 44.8 Å². The first-order valence-electron chi connectivity index (χ1n) is 10.2. The van der Waals surface area contributed by atoms with E-state index < -0.39 is 0 Å². The minimum Gasteiger partial charge on any atom is -0.482 e. The minimum absolute atomic E-state index is 0.157. The predicted molar refractivity (Wildman–Crippen MR) is 107 cm³/mol. The number of ether oxygens (including phenoxy) is 1. The fourth-order valence-corrected chi connectivity index (χ4v) is 2.57. The van der Waals surface area contributed by atoms with E-state index in [0.29, 0.717) is 18.8 Å². The van der Waals surface area contributed by atoms with Crippen LogP contribution in [0.3, 0.4) is 0 Å². The van der Waals surface area contributed by atoms with Gasteiger partial charge in [0.05, 0.1) is 6.61 Å². The van der Waals surface area contributed by atoms with Gasteiger partial charge in [-0.3, -0.25) is 4.79 Å². The Hall–Kier alpha value is -0.0775. The number of rotatable bonds is 15. The van der Waals surface area contributed by atoms with Gasteiger partial charge in [0.25, 0.3) is 0 Å². The van der Waals surface area contributed by atoms with Gasteiger partial charge in [0.2, 0.25) is 0 Å². The normalized spacial score (nSPS) is 10.6. The predicted octanol–water partition coefficient (Wildman–Crippen LogP) is 5.84. The Morgan fingerprint density at radius 3 is 1.52 bits per heavy atom. The molecule has 0 rings (SSSR count). The second-order valence-electron chi connectivity index (χ2n) is 6.99. The van der Waals surface area contributed by atoms with Crippen molar-refractivity contribution in [1.29, 1.82) is 0 Å². The zero-order chi connectivity index (χ0) is 19.3. The maximum absolute atomic E-state index is 10.5. The lowest BCUT2D eigenvalue weighted by Gasteiger charge is -2.09. The van der Waals surface area contributed by atoms with E-state index in [2.05, 4.69) is 6.92 Å². The molecule has 0 unspecified atom stereocenters. The SMILES string of the molecule is CC(C)[O][Al][O]C(C)C.CCCCCCCCCCCCOC(C)=O. The average molecular weight is 374 g/mol. The van der Waals surface area contributed by atoms with E-state index in [-0.39, 0.29) is 21.9 Å². The van der Waals surface area contributed by atoms with Crippen molar-refractivity contribution in [3.05, 3.63) is 0 Å². The van der Waals surface area contributed by atoms with Gasteiger partial charge in [-0.15, -0.1) is 0 Å². The molecule has 0 aromatic rings. The standard InChI is InChI=1S/C14H28O2.2C3H7O.Al/c1-3-4-5-6-7-8-9-10-11-12-13-16-14(2)15;2*1-3(2)4;/h3-13H2,1-2H3;2*3H,1-2H3;/q;2*-1;+2. The highest BCUT2D eigenvalue weighted by molar-refractivity contribution is 6.18. The van der Waals surface area contributed by atoms with Crippen LogP contribution in [0.1, 0.15) is 106 Å². The number of esters is 1. The maximum Gasteiger partial charge on any atom is 0.668 e. The molecule has 1 radical (unpaired) electrons. The third-order valence-corrected chi connectivity index (χ3v) is 4.77. The van der Waals surface area contributed by atoms with Crippen molar-refractivity contribution >= 4 is 21.9 Å². The molecule has 0 aliphatic carbocycles. The van der Waals surface area contributed by atoms with Crippen molar-refractivity contribution in [2.24, 2.45) is 0 Å². The van der Waals surface area contributed by atoms with E-state index in [1.165, 1.54) is 64.7 Å². The summed E-state index contributed by atoms with van der Waals surface area (Å²) in [5, 5.41) is 0. The van der Waals surface area contributed by atoms with Crippen LogP contribution in [0.25, 0.3) is 0 Å². The molecule has 0 heterocycles. The highest BCUT2D eigenvalue weighted by Crippen LogP contribution is 2.10. The van der Waals surface area contributed by atoms with Gasteiger partial charge in [-0.05, 0) is 34.1 Å². The molecule has 0 bridgehead atoms. The molecule has 0 N–H and O–H groups in total. The summed E-state index contributed by atoms with van der Waals surface area (Å²) in [5.41, 5.74) is 0. The first-order chi connectivity index (χ1) is 11.9. The van der Waals surface area contributed by atoms with E-state index >= 15 is 0 Å². The summed E-state index contributed by atoms with van der Waals surface area (Å²) in [7, 11) is 0. The summed E-state index contributed by atoms with van der Waals surface area (Å²) in [4.78, 5) is 10.5. The Morgan fingerprint density at radius 2 is 1.16 bits per heavy atom. The van der Waals surface area contributed by atoms with Gasteiger partial charge < -0.3 is 12.3 Å². The van der Waals surface area contributed by atoms with E-state index in [9.17, 15) is 4.79 Å². The Labute approximate surface area is 163 Å². The van der Waals surface area contributed by atoms with Gasteiger partial charge in [-0.1, -0.05) is 64.7 Å². The van der Waals surface area contributed by atoms with Gasteiger partial charge in [0, 0.05) is 19.1 Å². The van der Waals surface area contributed by atoms with Gasteiger partial charge in [0.15, 0.2) is 0 Å². The molecule has 0 amide bonds. The summed E-state index contributed by atoms with van der Waals surface area (Å²) >= 11 is -0.245. The summed E-state index contributed by atoms with van der Waals surface area (Å²) < 4.78 is 15.3. The molecule has 0 aromatic heterocycles. The van der Waals surface area contributed by atoms with Crippen LogP contribution in [-0.2, 0) is 17.1 Å². The van der Waals surface area contributed by atoms with Crippen LogP contribution in [0.5, 0.6) is 0 Å². The molecule has 4 nitrogen and oxygen atoms in total. The van der Waals surface area contributed by atoms with Crippen LogP contribution in [0.15, 0.2) is 0 Å². The zero-order valence-corrected chi connectivity index (χ0v) is 18.8. The van der Waals surface area contributed by atoms with Gasteiger partial charge in [-0.25, -0.2) is 0 Å². The largest absolute Gasteiger partial charge is 0.668 e. The molecule has 0 aliphatic rings. The molecule has 0 aliphatic heterocycles. The fraction of sp³-hybridized carbons (Fsp3) is 0.950. The second-order valence-corrected chi connectivity index (χ2v) is 7.72. The number of carbonyl (C=O) groups excluding carboxylic acids is 1. The summed E-state index contributed by atoms with van der Waals surface area (Å²) in [6.45, 7) is 12.4. The van der Waals surface area contributed by atoms with Crippen LogP contribution in [0.2, 0.25) is 0 Å². The van der Waals surface area contributed by atoms with Crippen LogP contribution in [0, 0.1) is 0 Å². The van der Waals surface area contributed by atoms with Crippen molar-refractivity contribution in [2.75, 3.05) is 6.61 Å². The second kappa shape index (κ2) is 22.0. The number of hydrogen-bond donors (Lipinski definition) is 0. The molecule has 25 heavy (non-hydrogen) atoms. The number of carbonyl (C=O) groups is 1. The lowest BCUT2D eigenvalue weighted by Crippen LogP contribution is -2.14. The maximum atomic E-state index is 10.5. The minimum atomic E-state index is -0.245. The van der Waals surface area contributed by atoms with E-state index in [1.807, 2.05) is 27.7 Å². The molecule has 0 spiro atoms. The van der Waals surface area contributed by atoms with Gasteiger partial charge >= 0.3 is 21.9 Å². The number of hydrogen-bond acceptors (Lipinski definition) is 4. The summed E-state index contributed by atoms with van der Waals surface area (Å²) in [6.07, 6.45) is 13.8. The van der Waals surface area contributed by atoms with E-state index in [4.69, 9.17) is 12.3 Å². The van der Waals surface area contributed by atoms with Crippen molar-refractivity contribution in [3.63, 3.8) is 0 Å². The number of unbranched alkanes of at least 4 members (excludes halogenated alkanes) is 9. The Morgan fingerprint density at radius 1 is 0.760 bits per heavy atom. The Bertz CT molecular complexity index is 262. The fourth-order valence-electron chi connectivity index (χ4n) is 2.06. The quantitative estimate of drug-likeness (QED) is 0.205. The molecule has 5 heteroatoms. The molecular weight excluding hydrogens is 331 g/mol. The summed E-state index contributed by atoms with van der Waals surface area (Å²) in [5.74, 6) is -0.157. The molecule has 0 saturated heterocycles. The molecule has 0 aromatic carbocycles. The van der Waals surface area contributed by atoms with Crippen molar-refractivity contribution in [2.45, 2.75) is 118 Å². The molecule has 0 atom stereocenters. The Balaban J connectivity index is 0. The third-order valence-electron chi connectivity index (χ3n) is 3.46. The molecule has 0 saturated carbocycles. The third kappa shape index (κ3) is 32.1. The van der Waals surface area contributed by atoms with Gasteiger partial charge in [-0.2, -0.15) is 0 Å². The Kier molecular flexibility index (Phi) is 23.8. The van der Waals surface area contributed by atoms with Crippen LogP contribution in [0.4, 0.5) is 0 Å². The van der Waals surface area contributed by atoms with Crippen molar-refractivity contribution < 1.29 is 17.1 Å². The zero-order valence-electron chi connectivity index (χ0n) is 17.6. The molecular formula is C20H42AlO4. The highest BCUT2D eigenvalue weighted by Gasteiger charge is 2.01. The summed E-state index contributed by atoms with van der Waals surface area (Å²) in [6, 6.07) is 0. The first kappa shape index (κ1) is 27.1. The molecule has 0 fully saturated rings. The monoisotopic (exact) mass is 373 g/mol. The van der Waals surface area contributed by atoms with E-state index in [1.54, 1.807) is 0 Å². The first-order valence-corrected chi connectivity index (χ1v) is 11.1.